The number of thioether (sulfide) groups is 1. The van der Waals surface area contributed by atoms with Crippen LogP contribution >= 0.6 is 11.8 Å². The molecule has 0 aliphatic heterocycles. The summed E-state index contributed by atoms with van der Waals surface area (Å²) in [4.78, 5) is 14.2. The van der Waals surface area contributed by atoms with Crippen LogP contribution in [0.15, 0.2) is 35.7 Å². The third-order valence-electron chi connectivity index (χ3n) is 3.45. The van der Waals surface area contributed by atoms with Crippen LogP contribution in [-0.4, -0.2) is 46.1 Å². The Morgan fingerprint density at radius 2 is 2.26 bits per heavy atom. The maximum absolute atomic E-state index is 11.9. The van der Waals surface area contributed by atoms with E-state index in [1.165, 1.54) is 23.0 Å². The number of aryl methyl sites for hydroxylation is 2. The van der Waals surface area contributed by atoms with Crippen LogP contribution in [0, 0.1) is 6.92 Å². The number of amides is 1. The first-order valence-corrected chi connectivity index (χ1v) is 8.63. The van der Waals surface area contributed by atoms with Gasteiger partial charge in [-0.3, -0.25) is 4.79 Å². The molecule has 0 atom stereocenters. The minimum absolute atomic E-state index is 0.0123. The quantitative estimate of drug-likeness (QED) is 0.747. The van der Waals surface area contributed by atoms with E-state index in [1.54, 1.807) is 10.9 Å². The smallest absolute Gasteiger partial charge is 0.230 e. The molecule has 2 aromatic rings. The van der Waals surface area contributed by atoms with Crippen LogP contribution in [0.1, 0.15) is 12.5 Å². The lowest BCUT2D eigenvalue weighted by Gasteiger charge is -2.23. The van der Waals surface area contributed by atoms with Gasteiger partial charge >= 0.3 is 0 Å². The molecule has 0 saturated carbocycles. The van der Waals surface area contributed by atoms with Crippen molar-refractivity contribution in [3.8, 4) is 0 Å². The lowest BCUT2D eigenvalue weighted by Crippen LogP contribution is -2.35. The number of aromatic nitrogens is 3. The molecule has 1 aromatic carbocycles. The molecule has 1 amide bonds. The number of carbonyl (C=O) groups excluding carboxylic acids is 1. The maximum Gasteiger partial charge on any atom is 0.230 e. The van der Waals surface area contributed by atoms with Crippen LogP contribution in [0.3, 0.4) is 0 Å². The summed E-state index contributed by atoms with van der Waals surface area (Å²) in [5, 5.41) is 11.4. The number of nitrogens with one attached hydrogen (secondary N) is 1. The lowest BCUT2D eigenvalue weighted by molar-refractivity contribution is -0.118. The van der Waals surface area contributed by atoms with Crippen LogP contribution in [0.5, 0.6) is 0 Å². The van der Waals surface area contributed by atoms with Crippen molar-refractivity contribution in [3.63, 3.8) is 0 Å². The maximum atomic E-state index is 11.9. The molecule has 0 radical (unpaired) electrons. The van der Waals surface area contributed by atoms with E-state index < -0.39 is 0 Å². The molecule has 0 aliphatic carbocycles. The van der Waals surface area contributed by atoms with Crippen LogP contribution in [-0.2, 0) is 11.8 Å². The molecule has 0 spiro atoms. The molecule has 0 bridgehead atoms. The van der Waals surface area contributed by atoms with Crippen LogP contribution in [0.4, 0.5) is 5.69 Å². The third-order valence-corrected chi connectivity index (χ3v) is 4.49. The lowest BCUT2D eigenvalue weighted by atomic mass is 10.2. The van der Waals surface area contributed by atoms with Crippen molar-refractivity contribution in [2.75, 3.05) is 30.3 Å². The van der Waals surface area contributed by atoms with Gasteiger partial charge in [-0.1, -0.05) is 23.9 Å². The minimum Gasteiger partial charge on any atom is -0.370 e. The Kier molecular flexibility index (Phi) is 6.46. The number of hydrogen-bond acceptors (Lipinski definition) is 5. The van der Waals surface area contributed by atoms with E-state index in [9.17, 15) is 4.79 Å². The van der Waals surface area contributed by atoms with Gasteiger partial charge in [0.25, 0.3) is 0 Å². The highest BCUT2D eigenvalue weighted by atomic mass is 32.2. The fourth-order valence-corrected chi connectivity index (χ4v) is 2.93. The molecule has 0 unspecified atom stereocenters. The SMILES string of the molecule is CCN(CCNC(=O)CSc1nncn1C)c1cccc(C)c1. The monoisotopic (exact) mass is 333 g/mol. The molecule has 6 nitrogen and oxygen atoms in total. The molecule has 0 saturated heterocycles. The fraction of sp³-hybridized carbons (Fsp3) is 0.438. The van der Waals surface area contributed by atoms with Crippen molar-refractivity contribution < 1.29 is 4.79 Å². The number of nitrogens with zero attached hydrogens (tertiary/aromatic N) is 4. The standard InChI is InChI=1S/C16H23N5OS/c1-4-21(14-7-5-6-13(2)10-14)9-8-17-15(22)11-23-16-19-18-12-20(16)3/h5-7,10,12H,4,8-9,11H2,1-3H3,(H,17,22). The first kappa shape index (κ1) is 17.3. The Balaban J connectivity index is 1.74. The molecule has 7 heteroatoms. The zero-order chi connectivity index (χ0) is 16.7. The Morgan fingerprint density at radius 1 is 1.43 bits per heavy atom. The minimum atomic E-state index is 0.0123. The van der Waals surface area contributed by atoms with Gasteiger partial charge in [0.1, 0.15) is 6.33 Å². The normalized spacial score (nSPS) is 10.6. The van der Waals surface area contributed by atoms with Crippen molar-refractivity contribution in [1.82, 2.24) is 20.1 Å². The van der Waals surface area contributed by atoms with Crippen molar-refractivity contribution in [2.45, 2.75) is 19.0 Å². The van der Waals surface area contributed by atoms with Crippen molar-refractivity contribution in [3.05, 3.63) is 36.2 Å². The van der Waals surface area contributed by atoms with Gasteiger partial charge in [-0.15, -0.1) is 10.2 Å². The van der Waals surface area contributed by atoms with Gasteiger partial charge in [0.15, 0.2) is 5.16 Å². The summed E-state index contributed by atoms with van der Waals surface area (Å²) in [6.07, 6.45) is 1.63. The second-order valence-corrected chi connectivity index (χ2v) is 6.22. The molecular weight excluding hydrogens is 310 g/mol. The highest BCUT2D eigenvalue weighted by molar-refractivity contribution is 7.99. The van der Waals surface area contributed by atoms with E-state index >= 15 is 0 Å². The van der Waals surface area contributed by atoms with Gasteiger partial charge in [-0.25, -0.2) is 0 Å². The molecule has 23 heavy (non-hydrogen) atoms. The average molecular weight is 333 g/mol. The fourth-order valence-electron chi connectivity index (χ4n) is 2.21. The van der Waals surface area contributed by atoms with E-state index in [2.05, 4.69) is 58.5 Å². The zero-order valence-corrected chi connectivity index (χ0v) is 14.6. The molecule has 0 aliphatic rings. The van der Waals surface area contributed by atoms with Gasteiger partial charge in [0.2, 0.25) is 5.91 Å². The number of hydrogen-bond donors (Lipinski definition) is 1. The Bertz CT molecular complexity index is 643. The highest BCUT2D eigenvalue weighted by Crippen LogP contribution is 2.15. The Hall–Kier alpha value is -2.02. The van der Waals surface area contributed by atoms with Crippen LogP contribution < -0.4 is 10.2 Å². The number of carbonyl (C=O) groups is 1. The summed E-state index contributed by atoms with van der Waals surface area (Å²) in [7, 11) is 1.86. The summed E-state index contributed by atoms with van der Waals surface area (Å²) >= 11 is 1.39. The first-order valence-electron chi connectivity index (χ1n) is 7.65. The highest BCUT2D eigenvalue weighted by Gasteiger charge is 2.08. The van der Waals surface area contributed by atoms with E-state index in [1.807, 2.05) is 7.05 Å². The summed E-state index contributed by atoms with van der Waals surface area (Å²) in [5.74, 6) is 0.363. The zero-order valence-electron chi connectivity index (χ0n) is 13.8. The van der Waals surface area contributed by atoms with E-state index in [0.717, 1.165) is 18.2 Å². The largest absolute Gasteiger partial charge is 0.370 e. The summed E-state index contributed by atoms with van der Waals surface area (Å²) in [6, 6.07) is 8.41. The van der Waals surface area contributed by atoms with Gasteiger partial charge < -0.3 is 14.8 Å². The van der Waals surface area contributed by atoms with E-state index in [0.29, 0.717) is 12.3 Å². The van der Waals surface area contributed by atoms with Crippen molar-refractivity contribution in [2.24, 2.45) is 7.05 Å². The number of likely N-dealkylation sites (N-methyl/N-ethyl adjacent to an activating group) is 1. The molecule has 0 fully saturated rings. The third kappa shape index (κ3) is 5.28. The van der Waals surface area contributed by atoms with Crippen LogP contribution in [0.25, 0.3) is 0 Å². The Labute approximate surface area is 141 Å². The Morgan fingerprint density at radius 3 is 2.91 bits per heavy atom. The van der Waals surface area contributed by atoms with Crippen molar-refractivity contribution in [1.29, 1.82) is 0 Å². The average Bonchev–Trinajstić information content (AvgIpc) is 2.95. The number of rotatable bonds is 8. The van der Waals surface area contributed by atoms with Gasteiger partial charge in [0.05, 0.1) is 5.75 Å². The van der Waals surface area contributed by atoms with E-state index in [4.69, 9.17) is 0 Å². The van der Waals surface area contributed by atoms with Gasteiger partial charge in [-0.2, -0.15) is 0 Å². The number of anilines is 1. The molecular formula is C16H23N5OS. The molecule has 124 valence electrons. The predicted octanol–water partition coefficient (Wildman–Crippen LogP) is 1.86. The topological polar surface area (TPSA) is 63.1 Å². The molecule has 1 N–H and O–H groups in total. The summed E-state index contributed by atoms with van der Waals surface area (Å²) in [5.41, 5.74) is 2.43. The molecule has 1 heterocycles. The summed E-state index contributed by atoms with van der Waals surface area (Å²) in [6.45, 7) is 6.53. The second-order valence-electron chi connectivity index (χ2n) is 5.28. The number of benzene rings is 1. The van der Waals surface area contributed by atoms with Crippen molar-refractivity contribution >= 4 is 23.4 Å². The molecule has 2 rings (SSSR count). The van der Waals surface area contributed by atoms with E-state index in [-0.39, 0.29) is 5.91 Å². The first-order chi connectivity index (χ1) is 11.1. The predicted molar refractivity (Wildman–Crippen MR) is 93.8 cm³/mol. The summed E-state index contributed by atoms with van der Waals surface area (Å²) < 4.78 is 1.80. The molecule has 1 aromatic heterocycles. The second kappa shape index (κ2) is 8.57. The van der Waals surface area contributed by atoms with Gasteiger partial charge in [-0.05, 0) is 31.5 Å². The van der Waals surface area contributed by atoms with Gasteiger partial charge in [0, 0.05) is 32.4 Å². The van der Waals surface area contributed by atoms with Crippen LogP contribution in [0.2, 0.25) is 0 Å².